The lowest BCUT2D eigenvalue weighted by atomic mass is 10.0. The average molecular weight is 306 g/mol. The zero-order valence-corrected chi connectivity index (χ0v) is 13.8. The van der Waals surface area contributed by atoms with Gasteiger partial charge in [0.25, 0.3) is 0 Å². The minimum absolute atomic E-state index is 0.919. The zero-order valence-electron chi connectivity index (χ0n) is 13.8. The van der Waals surface area contributed by atoms with Crippen molar-refractivity contribution in [2.45, 2.75) is 51.9 Å². The number of nitrogens with zero attached hydrogens (tertiary/aromatic N) is 3. The highest BCUT2D eigenvalue weighted by molar-refractivity contribution is 5.73. The van der Waals surface area contributed by atoms with Crippen molar-refractivity contribution in [2.75, 3.05) is 0 Å². The summed E-state index contributed by atoms with van der Waals surface area (Å²) in [4.78, 5) is 1.69. The zero-order chi connectivity index (χ0) is 15.9. The van der Waals surface area contributed by atoms with Crippen LogP contribution in [0, 0.1) is 6.07 Å². The maximum absolute atomic E-state index is 4.53. The molecule has 3 nitrogen and oxygen atoms in total. The van der Waals surface area contributed by atoms with Gasteiger partial charge in [-0.2, -0.15) is 0 Å². The summed E-state index contributed by atoms with van der Waals surface area (Å²) in [6.07, 6.45) is 9.08. The number of hydrogen-bond donors (Lipinski definition) is 0. The van der Waals surface area contributed by atoms with E-state index in [-0.39, 0.29) is 0 Å². The second-order valence-electron chi connectivity index (χ2n) is 6.08. The average Bonchev–Trinajstić information content (AvgIpc) is 3.02. The summed E-state index contributed by atoms with van der Waals surface area (Å²) in [5.41, 5.74) is 4.10. The Kier molecular flexibility index (Phi) is 5.41. The predicted molar refractivity (Wildman–Crippen MR) is 94.8 cm³/mol. The first-order valence-corrected chi connectivity index (χ1v) is 8.70. The molecule has 0 saturated heterocycles. The number of fused-ring (bicyclic) bond motifs is 1. The summed E-state index contributed by atoms with van der Waals surface area (Å²) in [6.45, 7) is 2.26. The van der Waals surface area contributed by atoms with Crippen molar-refractivity contribution in [1.82, 2.24) is 15.0 Å². The van der Waals surface area contributed by atoms with Crippen LogP contribution >= 0.6 is 0 Å². The summed E-state index contributed by atoms with van der Waals surface area (Å²) < 4.78 is 0. The van der Waals surface area contributed by atoms with Gasteiger partial charge in [0.05, 0.1) is 5.69 Å². The molecule has 3 aromatic rings. The number of aromatic nitrogens is 3. The Balaban J connectivity index is 1.63. The molecule has 0 atom stereocenters. The minimum Gasteiger partial charge on any atom is -0.150 e. The van der Waals surface area contributed by atoms with Crippen LogP contribution in [-0.2, 0) is 6.42 Å². The molecular weight excluding hydrogens is 282 g/mol. The van der Waals surface area contributed by atoms with Crippen molar-refractivity contribution >= 4 is 11.0 Å². The summed E-state index contributed by atoms with van der Waals surface area (Å²) in [5, 5.41) is 9.06. The Morgan fingerprint density at radius 3 is 2.35 bits per heavy atom. The van der Waals surface area contributed by atoms with Crippen molar-refractivity contribution < 1.29 is 0 Å². The lowest BCUT2D eigenvalue weighted by Gasteiger charge is -2.04. The van der Waals surface area contributed by atoms with E-state index in [0.717, 1.165) is 23.1 Å². The van der Waals surface area contributed by atoms with Crippen molar-refractivity contribution in [1.29, 1.82) is 0 Å². The monoisotopic (exact) mass is 306 g/mol. The fourth-order valence-corrected chi connectivity index (χ4v) is 2.85. The molecule has 0 bridgehead atoms. The largest absolute Gasteiger partial charge is 0.150 e. The Morgan fingerprint density at radius 1 is 0.913 bits per heavy atom. The minimum atomic E-state index is 0.919. The van der Waals surface area contributed by atoms with Crippen LogP contribution in [0.4, 0.5) is 0 Å². The van der Waals surface area contributed by atoms with E-state index in [1.165, 1.54) is 44.1 Å². The van der Waals surface area contributed by atoms with Gasteiger partial charge in [-0.05, 0) is 36.6 Å². The van der Waals surface area contributed by atoms with Crippen LogP contribution in [0.2, 0.25) is 0 Å². The number of aryl methyl sites for hydroxylation is 1. The highest BCUT2D eigenvalue weighted by Crippen LogP contribution is 2.15. The first kappa shape index (κ1) is 15.7. The molecular formula is C20H24N3. The molecule has 0 unspecified atom stereocenters. The highest BCUT2D eigenvalue weighted by Gasteiger charge is 2.05. The summed E-state index contributed by atoms with van der Waals surface area (Å²) in [6, 6.07) is 17.5. The quantitative estimate of drug-likeness (QED) is 0.540. The van der Waals surface area contributed by atoms with Crippen LogP contribution < -0.4 is 0 Å². The molecule has 0 fully saturated rings. The molecule has 0 spiro atoms. The van der Waals surface area contributed by atoms with Gasteiger partial charge in [0.2, 0.25) is 0 Å². The van der Waals surface area contributed by atoms with Crippen molar-refractivity contribution in [2.24, 2.45) is 0 Å². The lowest BCUT2D eigenvalue weighted by Crippen LogP contribution is -1.99. The fraction of sp³-hybridized carbons (Fsp3) is 0.400. The van der Waals surface area contributed by atoms with Gasteiger partial charge in [0.15, 0.2) is 0 Å². The van der Waals surface area contributed by atoms with E-state index in [0.29, 0.717) is 0 Å². The maximum Gasteiger partial charge on any atom is 0.113 e. The van der Waals surface area contributed by atoms with E-state index >= 15 is 0 Å². The van der Waals surface area contributed by atoms with Crippen LogP contribution in [0.15, 0.2) is 42.5 Å². The molecule has 3 rings (SSSR count). The lowest BCUT2D eigenvalue weighted by molar-refractivity contribution is 0.607. The first-order chi connectivity index (χ1) is 11.4. The standard InChI is InChI=1S/C20H24N3/c1-2-3-4-5-6-7-11-17-12-10-13-18(16-17)23-21-19-14-8-9-15-20(19)22-23/h8-10,12,14-16H,2-7,11H2,1H3. The molecule has 0 N–H and O–H groups in total. The molecule has 1 heterocycles. The number of rotatable bonds is 8. The second kappa shape index (κ2) is 7.91. The molecule has 23 heavy (non-hydrogen) atoms. The van der Waals surface area contributed by atoms with Crippen LogP contribution in [0.25, 0.3) is 16.7 Å². The Labute approximate surface area is 138 Å². The van der Waals surface area contributed by atoms with Crippen LogP contribution in [0.5, 0.6) is 0 Å². The summed E-state index contributed by atoms with van der Waals surface area (Å²) >= 11 is 0. The van der Waals surface area contributed by atoms with E-state index in [1.807, 2.05) is 30.3 Å². The normalized spacial score (nSPS) is 11.2. The van der Waals surface area contributed by atoms with E-state index in [2.05, 4.69) is 35.3 Å². The first-order valence-electron chi connectivity index (χ1n) is 8.70. The van der Waals surface area contributed by atoms with Gasteiger partial charge < -0.3 is 0 Å². The third kappa shape index (κ3) is 4.19. The smallest absolute Gasteiger partial charge is 0.113 e. The molecule has 2 aromatic carbocycles. The van der Waals surface area contributed by atoms with Gasteiger partial charge in [-0.15, -0.1) is 15.0 Å². The summed E-state index contributed by atoms with van der Waals surface area (Å²) in [7, 11) is 0. The Bertz CT molecular complexity index is 712. The Morgan fingerprint density at radius 2 is 1.61 bits per heavy atom. The molecule has 3 heteroatoms. The molecule has 119 valence electrons. The van der Waals surface area contributed by atoms with Crippen molar-refractivity contribution in [3.63, 3.8) is 0 Å². The summed E-state index contributed by atoms with van der Waals surface area (Å²) in [5.74, 6) is 0. The third-order valence-electron chi connectivity index (χ3n) is 4.17. The van der Waals surface area contributed by atoms with Gasteiger partial charge in [0.1, 0.15) is 11.0 Å². The van der Waals surface area contributed by atoms with Crippen molar-refractivity contribution in [3.8, 4) is 5.69 Å². The van der Waals surface area contributed by atoms with Crippen LogP contribution in [0.1, 0.15) is 51.0 Å². The van der Waals surface area contributed by atoms with Gasteiger partial charge in [-0.25, -0.2) is 0 Å². The van der Waals surface area contributed by atoms with Crippen LogP contribution in [-0.4, -0.2) is 15.0 Å². The van der Waals surface area contributed by atoms with Crippen LogP contribution in [0.3, 0.4) is 0 Å². The topological polar surface area (TPSA) is 30.7 Å². The molecule has 0 aliphatic rings. The number of hydrogen-bond acceptors (Lipinski definition) is 2. The van der Waals surface area contributed by atoms with E-state index in [9.17, 15) is 0 Å². The van der Waals surface area contributed by atoms with E-state index in [4.69, 9.17) is 0 Å². The third-order valence-corrected chi connectivity index (χ3v) is 4.17. The maximum atomic E-state index is 4.53. The number of benzene rings is 2. The Hall–Kier alpha value is -2.16. The van der Waals surface area contributed by atoms with E-state index in [1.54, 1.807) is 4.80 Å². The van der Waals surface area contributed by atoms with Gasteiger partial charge in [-0.3, -0.25) is 0 Å². The van der Waals surface area contributed by atoms with Gasteiger partial charge in [0, 0.05) is 6.07 Å². The highest BCUT2D eigenvalue weighted by atomic mass is 15.5. The molecule has 1 radical (unpaired) electrons. The van der Waals surface area contributed by atoms with Gasteiger partial charge >= 0.3 is 0 Å². The molecule has 0 saturated carbocycles. The molecule has 1 aromatic heterocycles. The molecule has 0 aliphatic heterocycles. The SMILES string of the molecule is CCCCCCCCc1cc[c]c(-n2nc3ccccc3n2)c1. The molecule has 0 amide bonds. The fourth-order valence-electron chi connectivity index (χ4n) is 2.85. The van der Waals surface area contributed by atoms with Crippen molar-refractivity contribution in [3.05, 3.63) is 54.1 Å². The van der Waals surface area contributed by atoms with Gasteiger partial charge in [-0.1, -0.05) is 63.3 Å². The predicted octanol–water partition coefficient (Wildman–Crippen LogP) is 5.12. The number of unbranched alkanes of at least 4 members (excludes halogenated alkanes) is 5. The van der Waals surface area contributed by atoms with E-state index < -0.39 is 0 Å². The molecule has 0 aliphatic carbocycles. The second-order valence-corrected chi connectivity index (χ2v) is 6.08.